The fourth-order valence-electron chi connectivity index (χ4n) is 2.00. The fraction of sp³-hybridized carbons (Fsp3) is 0.0667. The maximum absolute atomic E-state index is 12.3. The number of amides is 1. The Morgan fingerprint density at radius 2 is 2.08 bits per heavy atom. The van der Waals surface area contributed by atoms with Crippen LogP contribution in [0, 0.1) is 0 Å². The number of aromatic nitrogens is 4. The van der Waals surface area contributed by atoms with E-state index in [4.69, 9.17) is 23.2 Å². The highest BCUT2D eigenvalue weighted by Gasteiger charge is 2.14. The van der Waals surface area contributed by atoms with E-state index in [1.807, 2.05) is 0 Å². The first-order valence-electron chi connectivity index (χ1n) is 6.79. The van der Waals surface area contributed by atoms with E-state index in [0.29, 0.717) is 15.7 Å². The molecule has 0 aliphatic heterocycles. The second-order valence-electron chi connectivity index (χ2n) is 4.92. The van der Waals surface area contributed by atoms with Crippen LogP contribution in [0.25, 0.3) is 5.69 Å². The molecule has 2 aromatic heterocycles. The van der Waals surface area contributed by atoms with E-state index in [2.05, 4.69) is 15.4 Å². The third-order valence-corrected chi connectivity index (χ3v) is 3.79. The van der Waals surface area contributed by atoms with E-state index >= 15 is 0 Å². The zero-order chi connectivity index (χ0) is 17.3. The van der Waals surface area contributed by atoms with Crippen LogP contribution in [0.5, 0.6) is 0 Å². The van der Waals surface area contributed by atoms with E-state index in [0.717, 1.165) is 0 Å². The van der Waals surface area contributed by atoms with E-state index in [1.54, 1.807) is 25.2 Å². The zero-order valence-electron chi connectivity index (χ0n) is 12.4. The Morgan fingerprint density at radius 3 is 2.83 bits per heavy atom. The van der Waals surface area contributed by atoms with Crippen LogP contribution >= 0.6 is 23.2 Å². The van der Waals surface area contributed by atoms with Gasteiger partial charge in [-0.2, -0.15) is 5.10 Å². The molecule has 1 aromatic carbocycles. The molecule has 2 heterocycles. The third-order valence-electron chi connectivity index (χ3n) is 3.25. The first-order valence-corrected chi connectivity index (χ1v) is 7.54. The number of carbonyl (C=O) groups excluding carboxylic acids is 1. The Hall–Kier alpha value is -2.64. The van der Waals surface area contributed by atoms with Gasteiger partial charge in [0.15, 0.2) is 5.82 Å². The number of anilines is 1. The molecule has 0 atom stereocenters. The van der Waals surface area contributed by atoms with Crippen LogP contribution in [0.15, 0.2) is 47.8 Å². The normalized spacial score (nSPS) is 10.6. The number of hydrogen-bond acceptors (Lipinski definition) is 4. The van der Waals surface area contributed by atoms with Crippen LogP contribution in [-0.2, 0) is 7.05 Å². The summed E-state index contributed by atoms with van der Waals surface area (Å²) in [5, 5.41) is 7.47. The zero-order valence-corrected chi connectivity index (χ0v) is 13.9. The summed E-state index contributed by atoms with van der Waals surface area (Å²) in [6.45, 7) is 0. The molecule has 0 unspecified atom stereocenters. The number of halogens is 2. The lowest BCUT2D eigenvalue weighted by molar-refractivity contribution is 0.102. The lowest BCUT2D eigenvalue weighted by Crippen LogP contribution is -2.25. The molecular weight excluding hydrogens is 353 g/mol. The molecule has 0 aliphatic carbocycles. The molecule has 0 aliphatic rings. The van der Waals surface area contributed by atoms with Gasteiger partial charge in [-0.1, -0.05) is 23.2 Å². The summed E-state index contributed by atoms with van der Waals surface area (Å²) >= 11 is 12.0. The third kappa shape index (κ3) is 3.17. The molecule has 9 heteroatoms. The first kappa shape index (κ1) is 16.2. The Labute approximate surface area is 146 Å². The number of nitrogens with zero attached hydrogens (tertiary/aromatic N) is 4. The summed E-state index contributed by atoms with van der Waals surface area (Å²) in [5.41, 5.74) is 0.432. The van der Waals surface area contributed by atoms with Gasteiger partial charge in [0.1, 0.15) is 0 Å². The molecule has 24 heavy (non-hydrogen) atoms. The van der Waals surface area contributed by atoms with E-state index in [-0.39, 0.29) is 11.4 Å². The van der Waals surface area contributed by atoms with E-state index in [9.17, 15) is 9.59 Å². The molecule has 1 amide bonds. The van der Waals surface area contributed by atoms with Crippen molar-refractivity contribution in [2.75, 3.05) is 5.32 Å². The number of rotatable bonds is 3. The van der Waals surface area contributed by atoms with Gasteiger partial charge >= 0.3 is 0 Å². The minimum Gasteiger partial charge on any atom is -0.314 e. The maximum atomic E-state index is 12.3. The molecule has 1 N–H and O–H groups in total. The highest BCUT2D eigenvalue weighted by atomic mass is 35.5. The lowest BCUT2D eigenvalue weighted by Gasteiger charge is -2.04. The largest absolute Gasteiger partial charge is 0.314 e. The second-order valence-corrected chi connectivity index (χ2v) is 5.76. The van der Waals surface area contributed by atoms with Crippen molar-refractivity contribution in [2.24, 2.45) is 7.05 Å². The summed E-state index contributed by atoms with van der Waals surface area (Å²) in [7, 11) is 1.57. The highest BCUT2D eigenvalue weighted by molar-refractivity contribution is 6.35. The summed E-state index contributed by atoms with van der Waals surface area (Å²) in [6.07, 6.45) is 5.79. The molecule has 0 fully saturated rings. The average Bonchev–Trinajstić information content (AvgIpc) is 3.01. The number of aryl methyl sites for hydroxylation is 1. The monoisotopic (exact) mass is 363 g/mol. The van der Waals surface area contributed by atoms with Crippen molar-refractivity contribution in [1.29, 1.82) is 0 Å². The fourth-order valence-corrected chi connectivity index (χ4v) is 2.50. The topological polar surface area (TPSA) is 81.8 Å². The van der Waals surface area contributed by atoms with Crippen molar-refractivity contribution in [2.45, 2.75) is 0 Å². The van der Waals surface area contributed by atoms with Crippen LogP contribution < -0.4 is 10.9 Å². The van der Waals surface area contributed by atoms with Crippen molar-refractivity contribution in [3.05, 3.63) is 68.9 Å². The molecule has 122 valence electrons. The highest BCUT2D eigenvalue weighted by Crippen LogP contribution is 2.24. The minimum atomic E-state index is -0.498. The van der Waals surface area contributed by atoms with Gasteiger partial charge in [0, 0.05) is 30.7 Å². The van der Waals surface area contributed by atoms with Crippen molar-refractivity contribution in [3.8, 4) is 5.69 Å². The van der Waals surface area contributed by atoms with Gasteiger partial charge in [-0.05, 0) is 18.2 Å². The maximum Gasteiger partial charge on any atom is 0.293 e. The molecule has 7 nitrogen and oxygen atoms in total. The van der Waals surface area contributed by atoms with Gasteiger partial charge in [-0.3, -0.25) is 9.59 Å². The lowest BCUT2D eigenvalue weighted by atomic mass is 10.3. The summed E-state index contributed by atoms with van der Waals surface area (Å²) in [6, 6.07) is 4.94. The van der Waals surface area contributed by atoms with Crippen molar-refractivity contribution < 1.29 is 4.79 Å². The molecule has 3 aromatic rings. The van der Waals surface area contributed by atoms with Crippen LogP contribution in [0.3, 0.4) is 0 Å². The van der Waals surface area contributed by atoms with Crippen LogP contribution in [0.1, 0.15) is 10.4 Å². The molecule has 0 spiro atoms. The Kier molecular flexibility index (Phi) is 4.37. The molecular formula is C15H11Cl2N5O2. The smallest absolute Gasteiger partial charge is 0.293 e. The van der Waals surface area contributed by atoms with Gasteiger partial charge in [0.2, 0.25) is 0 Å². The van der Waals surface area contributed by atoms with Gasteiger partial charge in [-0.15, -0.1) is 0 Å². The Balaban J connectivity index is 1.86. The van der Waals surface area contributed by atoms with Gasteiger partial charge in [0.25, 0.3) is 11.5 Å². The van der Waals surface area contributed by atoms with Crippen LogP contribution in [0.4, 0.5) is 5.82 Å². The average molecular weight is 364 g/mol. The predicted octanol–water partition coefficient (Wildman–Crippen LogP) is 2.53. The van der Waals surface area contributed by atoms with Crippen molar-refractivity contribution >= 4 is 34.9 Å². The standard InChI is InChI=1S/C15H11Cl2N5O2/c1-21-5-4-18-13(15(21)24)20-14(23)9-7-19-22(8-9)12-3-2-10(16)6-11(12)17/h2-8H,1H3,(H,18,20,23). The number of carbonyl (C=O) groups is 1. The molecule has 0 radical (unpaired) electrons. The van der Waals surface area contributed by atoms with Crippen molar-refractivity contribution in [1.82, 2.24) is 19.3 Å². The summed E-state index contributed by atoms with van der Waals surface area (Å²) in [4.78, 5) is 28.0. The summed E-state index contributed by atoms with van der Waals surface area (Å²) in [5.74, 6) is -0.551. The minimum absolute atomic E-state index is 0.0534. The molecule has 0 bridgehead atoms. The summed E-state index contributed by atoms with van der Waals surface area (Å²) < 4.78 is 2.77. The second kappa shape index (κ2) is 6.46. The quantitative estimate of drug-likeness (QED) is 0.774. The first-order chi connectivity index (χ1) is 11.5. The number of nitrogens with one attached hydrogen (secondary N) is 1. The Bertz CT molecular complexity index is 980. The molecule has 3 rings (SSSR count). The predicted molar refractivity (Wildman–Crippen MR) is 91.0 cm³/mol. The van der Waals surface area contributed by atoms with Crippen molar-refractivity contribution in [3.63, 3.8) is 0 Å². The Morgan fingerprint density at radius 1 is 1.29 bits per heavy atom. The van der Waals surface area contributed by atoms with Gasteiger partial charge in [0.05, 0.1) is 22.5 Å². The number of benzene rings is 1. The van der Waals surface area contributed by atoms with Gasteiger partial charge < -0.3 is 9.88 Å². The van der Waals surface area contributed by atoms with E-state index in [1.165, 1.54) is 34.0 Å². The SMILES string of the molecule is Cn1ccnc(NC(=O)c2cnn(-c3ccc(Cl)cc3Cl)c2)c1=O. The molecule has 0 saturated heterocycles. The van der Waals surface area contributed by atoms with E-state index < -0.39 is 11.5 Å². The molecule has 0 saturated carbocycles. The number of hydrogen-bond donors (Lipinski definition) is 1. The van der Waals surface area contributed by atoms with Crippen LogP contribution in [0.2, 0.25) is 10.0 Å². The van der Waals surface area contributed by atoms with Gasteiger partial charge in [-0.25, -0.2) is 9.67 Å². The van der Waals surface area contributed by atoms with Crippen LogP contribution in [-0.4, -0.2) is 25.2 Å².